The standard InChI is InChI=1S/C16H18ClN3O/c1-11(12-5-4-6-13(17)9-12)20(3)16(21)15-10-14(18-2)7-8-19-15/h4-11H,1-3H3,(H,18,19). The molecule has 1 heterocycles. The summed E-state index contributed by atoms with van der Waals surface area (Å²) in [5, 5.41) is 3.66. The number of rotatable bonds is 4. The number of hydrogen-bond donors (Lipinski definition) is 1. The third-order valence-electron chi connectivity index (χ3n) is 3.50. The topological polar surface area (TPSA) is 45.2 Å². The molecule has 2 aromatic rings. The van der Waals surface area contributed by atoms with Crippen molar-refractivity contribution in [3.05, 3.63) is 58.9 Å². The first kappa shape index (κ1) is 15.3. The molecule has 0 fully saturated rings. The Morgan fingerprint density at radius 2 is 2.10 bits per heavy atom. The van der Waals surface area contributed by atoms with E-state index in [0.717, 1.165) is 11.3 Å². The molecule has 0 radical (unpaired) electrons. The largest absolute Gasteiger partial charge is 0.388 e. The van der Waals surface area contributed by atoms with Gasteiger partial charge in [-0.2, -0.15) is 0 Å². The molecule has 0 bridgehead atoms. The van der Waals surface area contributed by atoms with Crippen LogP contribution in [0.4, 0.5) is 5.69 Å². The van der Waals surface area contributed by atoms with Gasteiger partial charge in [0.15, 0.2) is 0 Å². The van der Waals surface area contributed by atoms with Gasteiger partial charge in [0.25, 0.3) is 5.91 Å². The summed E-state index contributed by atoms with van der Waals surface area (Å²) in [5.74, 6) is -0.125. The highest BCUT2D eigenvalue weighted by molar-refractivity contribution is 6.30. The highest BCUT2D eigenvalue weighted by Gasteiger charge is 2.20. The molecule has 1 aromatic heterocycles. The van der Waals surface area contributed by atoms with Crippen molar-refractivity contribution in [1.29, 1.82) is 0 Å². The molecule has 0 saturated heterocycles. The number of amides is 1. The molecule has 4 nitrogen and oxygen atoms in total. The number of aromatic nitrogens is 1. The molecule has 0 saturated carbocycles. The van der Waals surface area contributed by atoms with E-state index in [4.69, 9.17) is 11.6 Å². The number of nitrogens with zero attached hydrogens (tertiary/aromatic N) is 2. The van der Waals surface area contributed by atoms with E-state index in [-0.39, 0.29) is 11.9 Å². The summed E-state index contributed by atoms with van der Waals surface area (Å²) in [6, 6.07) is 11.0. The molecular weight excluding hydrogens is 286 g/mol. The van der Waals surface area contributed by atoms with Crippen molar-refractivity contribution >= 4 is 23.2 Å². The molecule has 1 atom stereocenters. The smallest absolute Gasteiger partial charge is 0.272 e. The van der Waals surface area contributed by atoms with Crippen molar-refractivity contribution in [3.8, 4) is 0 Å². The van der Waals surface area contributed by atoms with E-state index in [9.17, 15) is 4.79 Å². The van der Waals surface area contributed by atoms with E-state index in [1.807, 2.05) is 44.3 Å². The van der Waals surface area contributed by atoms with E-state index in [1.165, 1.54) is 0 Å². The lowest BCUT2D eigenvalue weighted by molar-refractivity contribution is 0.0737. The van der Waals surface area contributed by atoms with Crippen LogP contribution in [0.1, 0.15) is 29.0 Å². The normalized spacial score (nSPS) is 11.8. The Morgan fingerprint density at radius 3 is 2.76 bits per heavy atom. The van der Waals surface area contributed by atoms with E-state index < -0.39 is 0 Å². The first-order valence-electron chi connectivity index (χ1n) is 6.69. The van der Waals surface area contributed by atoms with Crippen LogP contribution in [0.5, 0.6) is 0 Å². The van der Waals surface area contributed by atoms with Crippen LogP contribution in [-0.4, -0.2) is 29.9 Å². The SMILES string of the molecule is CNc1ccnc(C(=O)N(C)C(C)c2cccc(Cl)c2)c1. The van der Waals surface area contributed by atoms with E-state index in [1.54, 1.807) is 24.2 Å². The molecule has 110 valence electrons. The van der Waals surface area contributed by atoms with Crippen LogP contribution < -0.4 is 5.32 Å². The number of anilines is 1. The third-order valence-corrected chi connectivity index (χ3v) is 3.74. The molecule has 1 unspecified atom stereocenters. The molecule has 0 aliphatic rings. The lowest BCUT2D eigenvalue weighted by Gasteiger charge is -2.25. The number of pyridine rings is 1. The molecule has 1 N–H and O–H groups in total. The summed E-state index contributed by atoms with van der Waals surface area (Å²) in [7, 11) is 3.57. The highest BCUT2D eigenvalue weighted by atomic mass is 35.5. The Morgan fingerprint density at radius 1 is 1.33 bits per heavy atom. The van der Waals surface area contributed by atoms with Gasteiger partial charge in [-0.05, 0) is 36.8 Å². The second-order valence-corrected chi connectivity index (χ2v) is 5.26. The number of carbonyl (C=O) groups excluding carboxylic acids is 1. The summed E-state index contributed by atoms with van der Waals surface area (Å²) in [6.45, 7) is 1.96. The van der Waals surface area contributed by atoms with Gasteiger partial charge in [-0.15, -0.1) is 0 Å². The van der Waals surface area contributed by atoms with Crippen molar-refractivity contribution in [2.24, 2.45) is 0 Å². The number of hydrogen-bond acceptors (Lipinski definition) is 3. The van der Waals surface area contributed by atoms with Crippen molar-refractivity contribution in [2.75, 3.05) is 19.4 Å². The first-order valence-corrected chi connectivity index (χ1v) is 7.07. The van der Waals surface area contributed by atoms with Crippen LogP contribution in [0.2, 0.25) is 5.02 Å². The van der Waals surface area contributed by atoms with Gasteiger partial charge < -0.3 is 10.2 Å². The highest BCUT2D eigenvalue weighted by Crippen LogP contribution is 2.23. The van der Waals surface area contributed by atoms with Gasteiger partial charge >= 0.3 is 0 Å². The quantitative estimate of drug-likeness (QED) is 0.938. The van der Waals surface area contributed by atoms with Crippen LogP contribution in [0.15, 0.2) is 42.6 Å². The molecule has 21 heavy (non-hydrogen) atoms. The zero-order valence-corrected chi connectivity index (χ0v) is 13.1. The van der Waals surface area contributed by atoms with Gasteiger partial charge in [0.05, 0.1) is 6.04 Å². The summed E-state index contributed by atoms with van der Waals surface area (Å²) < 4.78 is 0. The monoisotopic (exact) mass is 303 g/mol. The second kappa shape index (κ2) is 6.59. The van der Waals surface area contributed by atoms with E-state index in [2.05, 4.69) is 10.3 Å². The summed E-state index contributed by atoms with van der Waals surface area (Å²) in [6.07, 6.45) is 1.62. The summed E-state index contributed by atoms with van der Waals surface area (Å²) in [5.41, 5.74) is 2.26. The van der Waals surface area contributed by atoms with Gasteiger partial charge in [0.2, 0.25) is 0 Å². The molecule has 1 amide bonds. The number of nitrogens with one attached hydrogen (secondary N) is 1. The fourth-order valence-electron chi connectivity index (χ4n) is 2.05. The first-order chi connectivity index (χ1) is 10.0. The van der Waals surface area contributed by atoms with E-state index in [0.29, 0.717) is 10.7 Å². The van der Waals surface area contributed by atoms with Gasteiger partial charge in [-0.25, -0.2) is 0 Å². The molecule has 0 spiro atoms. The molecule has 5 heteroatoms. The molecule has 0 aliphatic heterocycles. The van der Waals surface area contributed by atoms with Gasteiger partial charge in [0, 0.05) is 31.0 Å². The Labute approximate surface area is 129 Å². The molecule has 1 aromatic carbocycles. The molecule has 0 aliphatic carbocycles. The Hall–Kier alpha value is -2.07. The predicted octanol–water partition coefficient (Wildman–Crippen LogP) is 3.61. The van der Waals surface area contributed by atoms with Gasteiger partial charge in [-0.3, -0.25) is 9.78 Å². The number of halogens is 1. The fourth-order valence-corrected chi connectivity index (χ4v) is 2.25. The molecule has 2 rings (SSSR count). The van der Waals surface area contributed by atoms with Gasteiger partial charge in [0.1, 0.15) is 5.69 Å². The lowest BCUT2D eigenvalue weighted by Crippen LogP contribution is -2.30. The minimum atomic E-state index is -0.125. The minimum absolute atomic E-state index is 0.0868. The third kappa shape index (κ3) is 3.52. The van der Waals surface area contributed by atoms with Crippen molar-refractivity contribution < 1.29 is 4.79 Å². The molecular formula is C16H18ClN3O. The van der Waals surface area contributed by atoms with Crippen molar-refractivity contribution in [2.45, 2.75) is 13.0 Å². The lowest BCUT2D eigenvalue weighted by atomic mass is 10.1. The number of benzene rings is 1. The number of carbonyl (C=O) groups is 1. The summed E-state index contributed by atoms with van der Waals surface area (Å²) in [4.78, 5) is 18.3. The Kier molecular flexibility index (Phi) is 4.81. The fraction of sp³-hybridized carbons (Fsp3) is 0.250. The zero-order chi connectivity index (χ0) is 15.4. The minimum Gasteiger partial charge on any atom is -0.388 e. The summed E-state index contributed by atoms with van der Waals surface area (Å²) >= 11 is 6.01. The van der Waals surface area contributed by atoms with Crippen LogP contribution in [0.25, 0.3) is 0 Å². The van der Waals surface area contributed by atoms with Crippen LogP contribution in [-0.2, 0) is 0 Å². The Balaban J connectivity index is 2.22. The van der Waals surface area contributed by atoms with Crippen LogP contribution in [0, 0.1) is 0 Å². The zero-order valence-electron chi connectivity index (χ0n) is 12.3. The van der Waals surface area contributed by atoms with Crippen molar-refractivity contribution in [3.63, 3.8) is 0 Å². The average molecular weight is 304 g/mol. The second-order valence-electron chi connectivity index (χ2n) is 4.83. The maximum Gasteiger partial charge on any atom is 0.272 e. The van der Waals surface area contributed by atoms with Crippen molar-refractivity contribution in [1.82, 2.24) is 9.88 Å². The van der Waals surface area contributed by atoms with E-state index >= 15 is 0 Å². The average Bonchev–Trinajstić information content (AvgIpc) is 2.52. The Bertz CT molecular complexity index is 645. The van der Waals surface area contributed by atoms with Crippen LogP contribution >= 0.6 is 11.6 Å². The maximum atomic E-state index is 12.5. The maximum absolute atomic E-state index is 12.5. The van der Waals surface area contributed by atoms with Gasteiger partial charge in [-0.1, -0.05) is 23.7 Å². The van der Waals surface area contributed by atoms with Crippen LogP contribution in [0.3, 0.4) is 0 Å². The predicted molar refractivity (Wildman–Crippen MR) is 85.7 cm³/mol.